The topological polar surface area (TPSA) is 106 Å². The van der Waals surface area contributed by atoms with Crippen molar-refractivity contribution in [2.45, 2.75) is 32.1 Å². The first-order valence-electron chi connectivity index (χ1n) is 9.38. The van der Waals surface area contributed by atoms with Crippen LogP contribution < -0.4 is 9.47 Å². The third-order valence-corrected chi connectivity index (χ3v) is 4.18. The average Bonchev–Trinajstić information content (AvgIpc) is 2.72. The fourth-order valence-electron chi connectivity index (χ4n) is 2.62. The van der Waals surface area contributed by atoms with E-state index in [9.17, 15) is 9.59 Å². The second-order valence-corrected chi connectivity index (χ2v) is 6.36. The number of allylic oxidation sites excluding steroid dienone is 1. The maximum atomic E-state index is 11.1. The van der Waals surface area contributed by atoms with Crippen molar-refractivity contribution in [3.05, 3.63) is 59.4 Å². The number of carbonyl (C=O) groups is 2. The Morgan fingerprint density at radius 3 is 2.48 bits per heavy atom. The molecule has 0 aliphatic rings. The second kappa shape index (κ2) is 11.5. The van der Waals surface area contributed by atoms with Crippen LogP contribution in [0.25, 0.3) is 6.08 Å². The number of aromatic carboxylic acids is 1. The minimum atomic E-state index is -1.16. The first-order valence-corrected chi connectivity index (χ1v) is 9.38. The Hall–Kier alpha value is -3.35. The number of aliphatic carboxylic acids is 1. The number of pyridine rings is 1. The number of aryl methyl sites for hydroxylation is 1. The Balaban J connectivity index is 1.79. The maximum absolute atomic E-state index is 11.1. The SMILES string of the molecule is COc1ccc(/C=C/CCCCOc2ccc(C(=O)O)nc2CCC(=O)O)cc1. The largest absolute Gasteiger partial charge is 0.497 e. The summed E-state index contributed by atoms with van der Waals surface area (Å²) in [5.41, 5.74) is 1.34. The van der Waals surface area contributed by atoms with Gasteiger partial charge >= 0.3 is 11.9 Å². The van der Waals surface area contributed by atoms with E-state index < -0.39 is 11.9 Å². The van der Waals surface area contributed by atoms with E-state index >= 15 is 0 Å². The van der Waals surface area contributed by atoms with Gasteiger partial charge in [-0.2, -0.15) is 0 Å². The van der Waals surface area contributed by atoms with Crippen LogP contribution >= 0.6 is 0 Å². The van der Waals surface area contributed by atoms with Crippen molar-refractivity contribution >= 4 is 18.0 Å². The molecule has 0 saturated carbocycles. The number of unbranched alkanes of at least 4 members (excludes halogenated alkanes) is 2. The van der Waals surface area contributed by atoms with Gasteiger partial charge in [-0.1, -0.05) is 24.3 Å². The average molecular weight is 399 g/mol. The number of benzene rings is 1. The molecule has 0 spiro atoms. The zero-order chi connectivity index (χ0) is 21.1. The monoisotopic (exact) mass is 399 g/mol. The molecule has 0 radical (unpaired) electrons. The molecule has 154 valence electrons. The number of carboxylic acid groups (broad SMARTS) is 2. The molecule has 0 aliphatic carbocycles. The molecule has 7 nitrogen and oxygen atoms in total. The van der Waals surface area contributed by atoms with Crippen molar-refractivity contribution in [1.82, 2.24) is 4.98 Å². The molecule has 2 N–H and O–H groups in total. The molecule has 0 atom stereocenters. The number of nitrogens with zero attached hydrogens (tertiary/aromatic N) is 1. The summed E-state index contributed by atoms with van der Waals surface area (Å²) in [6.07, 6.45) is 6.78. The van der Waals surface area contributed by atoms with E-state index in [4.69, 9.17) is 19.7 Å². The molecule has 2 rings (SSSR count). The molecule has 1 aromatic heterocycles. The molecular formula is C22H25NO6. The van der Waals surface area contributed by atoms with Gasteiger partial charge in [0.1, 0.15) is 17.2 Å². The molecular weight excluding hydrogens is 374 g/mol. The van der Waals surface area contributed by atoms with Crippen molar-refractivity contribution in [1.29, 1.82) is 0 Å². The summed E-state index contributed by atoms with van der Waals surface area (Å²) < 4.78 is 10.8. The Kier molecular flexibility index (Phi) is 8.69. The molecule has 29 heavy (non-hydrogen) atoms. The van der Waals surface area contributed by atoms with Crippen LogP contribution in [0.1, 0.15) is 47.4 Å². The van der Waals surface area contributed by atoms with Gasteiger partial charge in [0, 0.05) is 6.42 Å². The lowest BCUT2D eigenvalue weighted by Gasteiger charge is -2.11. The van der Waals surface area contributed by atoms with Gasteiger partial charge in [0.15, 0.2) is 0 Å². The van der Waals surface area contributed by atoms with Gasteiger partial charge in [-0.25, -0.2) is 9.78 Å². The second-order valence-electron chi connectivity index (χ2n) is 6.36. The minimum Gasteiger partial charge on any atom is -0.497 e. The molecule has 0 aliphatic heterocycles. The number of hydrogen-bond donors (Lipinski definition) is 2. The fraction of sp³-hybridized carbons (Fsp3) is 0.318. The van der Waals surface area contributed by atoms with Gasteiger partial charge in [-0.05, 0) is 49.1 Å². The zero-order valence-electron chi connectivity index (χ0n) is 16.3. The summed E-state index contributed by atoms with van der Waals surface area (Å²) in [5.74, 6) is -0.864. The molecule has 7 heteroatoms. The highest BCUT2D eigenvalue weighted by atomic mass is 16.5. The minimum absolute atomic E-state index is 0.121. The van der Waals surface area contributed by atoms with Crippen LogP contribution in [0.2, 0.25) is 0 Å². The van der Waals surface area contributed by atoms with Gasteiger partial charge in [0.25, 0.3) is 0 Å². The van der Waals surface area contributed by atoms with Gasteiger partial charge < -0.3 is 19.7 Å². The predicted molar refractivity (Wildman–Crippen MR) is 109 cm³/mol. The van der Waals surface area contributed by atoms with E-state index in [0.29, 0.717) is 18.1 Å². The third kappa shape index (κ3) is 7.65. The molecule has 0 amide bonds. The maximum Gasteiger partial charge on any atom is 0.354 e. The summed E-state index contributed by atoms with van der Waals surface area (Å²) >= 11 is 0. The lowest BCUT2D eigenvalue weighted by molar-refractivity contribution is -0.136. The van der Waals surface area contributed by atoms with Crippen molar-refractivity contribution in [3.63, 3.8) is 0 Å². The first-order chi connectivity index (χ1) is 14.0. The van der Waals surface area contributed by atoms with E-state index in [-0.39, 0.29) is 18.5 Å². The third-order valence-electron chi connectivity index (χ3n) is 4.18. The van der Waals surface area contributed by atoms with E-state index in [1.165, 1.54) is 12.1 Å². The summed E-state index contributed by atoms with van der Waals surface area (Å²) in [7, 11) is 1.64. The van der Waals surface area contributed by atoms with Gasteiger partial charge in [0.05, 0.1) is 25.8 Å². The van der Waals surface area contributed by atoms with Crippen LogP contribution in [0.5, 0.6) is 11.5 Å². The van der Waals surface area contributed by atoms with Crippen molar-refractivity contribution in [2.24, 2.45) is 0 Å². The predicted octanol–water partition coefficient (Wildman–Crippen LogP) is 4.07. The van der Waals surface area contributed by atoms with Gasteiger partial charge in [-0.15, -0.1) is 0 Å². The van der Waals surface area contributed by atoms with E-state index in [1.54, 1.807) is 7.11 Å². The smallest absolute Gasteiger partial charge is 0.354 e. The van der Waals surface area contributed by atoms with E-state index in [1.807, 2.05) is 24.3 Å². The normalized spacial score (nSPS) is 10.8. The Morgan fingerprint density at radius 2 is 1.83 bits per heavy atom. The van der Waals surface area contributed by atoms with Crippen LogP contribution in [-0.4, -0.2) is 40.9 Å². The van der Waals surface area contributed by atoms with E-state index in [2.05, 4.69) is 17.1 Å². The van der Waals surface area contributed by atoms with Crippen molar-refractivity contribution in [3.8, 4) is 11.5 Å². The van der Waals surface area contributed by atoms with Crippen molar-refractivity contribution in [2.75, 3.05) is 13.7 Å². The summed E-state index contributed by atoms with van der Waals surface area (Å²) in [4.78, 5) is 25.9. The Bertz CT molecular complexity index is 845. The lowest BCUT2D eigenvalue weighted by atomic mass is 10.1. The number of methoxy groups -OCH3 is 1. The van der Waals surface area contributed by atoms with Gasteiger partial charge in [-0.3, -0.25) is 4.79 Å². The van der Waals surface area contributed by atoms with Crippen LogP contribution in [0.4, 0.5) is 0 Å². The molecule has 0 saturated heterocycles. The molecule has 1 aromatic carbocycles. The lowest BCUT2D eigenvalue weighted by Crippen LogP contribution is -2.08. The molecule has 0 fully saturated rings. The highest BCUT2D eigenvalue weighted by Crippen LogP contribution is 2.20. The molecule has 1 heterocycles. The van der Waals surface area contributed by atoms with Gasteiger partial charge in [0.2, 0.25) is 0 Å². The van der Waals surface area contributed by atoms with Crippen LogP contribution in [-0.2, 0) is 11.2 Å². The number of rotatable bonds is 12. The standard InChI is InChI=1S/C22H25NO6/c1-28-17-9-7-16(8-10-17)6-4-2-3-5-15-29-20-13-11-19(22(26)27)23-18(20)12-14-21(24)25/h4,6-11,13H,2-3,5,12,14-15H2,1H3,(H,24,25)(H,26,27)/b6-4+. The summed E-state index contributed by atoms with van der Waals surface area (Å²) in [6.45, 7) is 0.449. The number of hydrogen-bond acceptors (Lipinski definition) is 5. The van der Waals surface area contributed by atoms with Crippen LogP contribution in [0.3, 0.4) is 0 Å². The first kappa shape index (κ1) is 21.9. The van der Waals surface area contributed by atoms with E-state index in [0.717, 1.165) is 30.6 Å². The number of ether oxygens (including phenoxy) is 2. The highest BCUT2D eigenvalue weighted by molar-refractivity contribution is 5.85. The summed E-state index contributed by atoms with van der Waals surface area (Å²) in [6, 6.07) is 10.7. The van der Waals surface area contributed by atoms with Crippen molar-refractivity contribution < 1.29 is 29.3 Å². The quantitative estimate of drug-likeness (QED) is 0.518. The van der Waals surface area contributed by atoms with Crippen LogP contribution in [0.15, 0.2) is 42.5 Å². The number of carboxylic acids is 2. The fourth-order valence-corrected chi connectivity index (χ4v) is 2.62. The Morgan fingerprint density at radius 1 is 1.07 bits per heavy atom. The molecule has 0 unspecified atom stereocenters. The number of aromatic nitrogens is 1. The molecule has 0 bridgehead atoms. The Labute approximate surface area is 169 Å². The summed E-state index contributed by atoms with van der Waals surface area (Å²) in [5, 5.41) is 17.9. The zero-order valence-corrected chi connectivity index (χ0v) is 16.3. The van der Waals surface area contributed by atoms with Crippen LogP contribution in [0, 0.1) is 0 Å². The highest BCUT2D eigenvalue weighted by Gasteiger charge is 2.12. The molecule has 2 aromatic rings.